The Bertz CT molecular complexity index is 354. The first-order valence-electron chi connectivity index (χ1n) is 5.23. The van der Waals surface area contributed by atoms with Crippen molar-refractivity contribution in [2.24, 2.45) is 0 Å². The van der Waals surface area contributed by atoms with Crippen molar-refractivity contribution in [1.29, 1.82) is 0 Å². The Morgan fingerprint density at radius 2 is 2.31 bits per heavy atom. The van der Waals surface area contributed by atoms with E-state index in [0.717, 1.165) is 17.4 Å². The van der Waals surface area contributed by atoms with Crippen molar-refractivity contribution in [3.63, 3.8) is 0 Å². The maximum absolute atomic E-state index is 10.6. The zero-order valence-corrected chi connectivity index (χ0v) is 11.0. The average Bonchev–Trinajstić information content (AvgIpc) is 2.59. The molecule has 1 aromatic heterocycles. The molecule has 0 spiro atoms. The van der Waals surface area contributed by atoms with Crippen LogP contribution in [0.15, 0.2) is 12.1 Å². The van der Waals surface area contributed by atoms with E-state index in [1.165, 1.54) is 4.88 Å². The molecule has 1 heterocycles. The highest BCUT2D eigenvalue weighted by molar-refractivity contribution is 7.16. The number of aliphatic carboxylic acids is 1. The zero-order chi connectivity index (χ0) is 12.1. The fraction of sp³-hybridized carbons (Fsp3) is 0.545. The molecule has 90 valence electrons. The highest BCUT2D eigenvalue weighted by atomic mass is 35.5. The van der Waals surface area contributed by atoms with Crippen molar-refractivity contribution in [2.45, 2.75) is 32.9 Å². The zero-order valence-electron chi connectivity index (χ0n) is 9.44. The van der Waals surface area contributed by atoms with Gasteiger partial charge in [-0.3, -0.25) is 9.69 Å². The molecule has 1 unspecified atom stereocenters. The summed E-state index contributed by atoms with van der Waals surface area (Å²) in [7, 11) is 0. The minimum Gasteiger partial charge on any atom is -0.481 e. The summed E-state index contributed by atoms with van der Waals surface area (Å²) in [6, 6.07) is 3.91. The summed E-state index contributed by atoms with van der Waals surface area (Å²) < 4.78 is 0.775. The van der Waals surface area contributed by atoms with Gasteiger partial charge in [0.15, 0.2) is 0 Å². The van der Waals surface area contributed by atoms with Gasteiger partial charge in [0, 0.05) is 17.5 Å². The molecule has 3 nitrogen and oxygen atoms in total. The van der Waals surface area contributed by atoms with Gasteiger partial charge in [-0.05, 0) is 25.6 Å². The van der Waals surface area contributed by atoms with Crippen molar-refractivity contribution < 1.29 is 9.90 Å². The second kappa shape index (κ2) is 6.23. The van der Waals surface area contributed by atoms with Gasteiger partial charge in [-0.1, -0.05) is 18.5 Å². The van der Waals surface area contributed by atoms with E-state index >= 15 is 0 Å². The average molecular weight is 262 g/mol. The second-order valence-corrected chi connectivity index (χ2v) is 5.52. The highest BCUT2D eigenvalue weighted by Crippen LogP contribution is 2.23. The molecular formula is C11H16ClNO2S. The smallest absolute Gasteiger partial charge is 0.304 e. The number of thiophene rings is 1. The SMILES string of the molecule is CCN(Cc1ccc(Cl)s1)C(C)CC(=O)O. The van der Waals surface area contributed by atoms with Crippen LogP contribution in [0.3, 0.4) is 0 Å². The third-order valence-electron chi connectivity index (χ3n) is 2.49. The van der Waals surface area contributed by atoms with Crippen LogP contribution in [0.2, 0.25) is 4.34 Å². The highest BCUT2D eigenvalue weighted by Gasteiger charge is 2.16. The lowest BCUT2D eigenvalue weighted by Gasteiger charge is -2.25. The molecular weight excluding hydrogens is 246 g/mol. The number of nitrogens with zero attached hydrogens (tertiary/aromatic N) is 1. The lowest BCUT2D eigenvalue weighted by molar-refractivity contribution is -0.138. The summed E-state index contributed by atoms with van der Waals surface area (Å²) >= 11 is 7.40. The maximum atomic E-state index is 10.6. The van der Waals surface area contributed by atoms with Gasteiger partial charge < -0.3 is 5.11 Å². The van der Waals surface area contributed by atoms with E-state index in [9.17, 15) is 4.79 Å². The summed E-state index contributed by atoms with van der Waals surface area (Å²) in [6.45, 7) is 5.58. The number of rotatable bonds is 6. The Hall–Kier alpha value is -0.580. The molecule has 0 radical (unpaired) electrons. The molecule has 1 atom stereocenters. The molecule has 0 aromatic carbocycles. The first kappa shape index (κ1) is 13.5. The van der Waals surface area contributed by atoms with E-state index < -0.39 is 5.97 Å². The molecule has 16 heavy (non-hydrogen) atoms. The van der Waals surface area contributed by atoms with Crippen LogP contribution < -0.4 is 0 Å². The molecule has 1 rings (SSSR count). The summed E-state index contributed by atoms with van der Waals surface area (Å²) in [5.74, 6) is -0.754. The fourth-order valence-corrected chi connectivity index (χ4v) is 2.71. The third kappa shape index (κ3) is 4.12. The van der Waals surface area contributed by atoms with E-state index in [0.29, 0.717) is 0 Å². The van der Waals surface area contributed by atoms with Crippen molar-refractivity contribution in [3.8, 4) is 0 Å². The van der Waals surface area contributed by atoms with Gasteiger partial charge in [0.05, 0.1) is 10.8 Å². The number of hydrogen-bond donors (Lipinski definition) is 1. The van der Waals surface area contributed by atoms with Crippen molar-refractivity contribution in [3.05, 3.63) is 21.3 Å². The number of carbonyl (C=O) groups is 1. The van der Waals surface area contributed by atoms with Crippen molar-refractivity contribution >= 4 is 28.9 Å². The predicted molar refractivity (Wildman–Crippen MR) is 67.1 cm³/mol. The van der Waals surface area contributed by atoms with E-state index in [1.807, 2.05) is 26.0 Å². The van der Waals surface area contributed by atoms with Crippen LogP contribution in [-0.2, 0) is 11.3 Å². The van der Waals surface area contributed by atoms with Crippen LogP contribution in [0, 0.1) is 0 Å². The topological polar surface area (TPSA) is 40.5 Å². The lowest BCUT2D eigenvalue weighted by Crippen LogP contribution is -2.33. The number of halogens is 1. The normalized spacial score (nSPS) is 13.0. The van der Waals surface area contributed by atoms with Gasteiger partial charge in [-0.2, -0.15) is 0 Å². The summed E-state index contributed by atoms with van der Waals surface area (Å²) in [4.78, 5) is 13.9. The Balaban J connectivity index is 2.57. The fourth-order valence-electron chi connectivity index (χ4n) is 1.60. The molecule has 0 bridgehead atoms. The molecule has 0 aliphatic carbocycles. The lowest BCUT2D eigenvalue weighted by atomic mass is 10.2. The minimum atomic E-state index is -0.754. The van der Waals surface area contributed by atoms with E-state index in [-0.39, 0.29) is 12.5 Å². The number of hydrogen-bond acceptors (Lipinski definition) is 3. The molecule has 5 heteroatoms. The van der Waals surface area contributed by atoms with Crippen LogP contribution in [0.5, 0.6) is 0 Å². The molecule has 0 saturated heterocycles. The Kier molecular flexibility index (Phi) is 5.25. The Labute approximate surface area is 105 Å². The van der Waals surface area contributed by atoms with Gasteiger partial charge in [0.2, 0.25) is 0 Å². The molecule has 0 fully saturated rings. The summed E-state index contributed by atoms with van der Waals surface area (Å²) in [6.07, 6.45) is 0.174. The molecule has 0 saturated carbocycles. The monoisotopic (exact) mass is 261 g/mol. The molecule has 0 amide bonds. The van der Waals surface area contributed by atoms with Crippen LogP contribution in [0.4, 0.5) is 0 Å². The van der Waals surface area contributed by atoms with Crippen LogP contribution in [-0.4, -0.2) is 28.6 Å². The standard InChI is InChI=1S/C11H16ClNO2S/c1-3-13(8(2)6-11(14)15)7-9-4-5-10(12)16-9/h4-5,8H,3,6-7H2,1-2H3,(H,14,15). The summed E-state index contributed by atoms with van der Waals surface area (Å²) in [5, 5.41) is 8.75. The van der Waals surface area contributed by atoms with Gasteiger partial charge in [0.1, 0.15) is 0 Å². The first-order valence-corrected chi connectivity index (χ1v) is 6.42. The minimum absolute atomic E-state index is 0.0448. The van der Waals surface area contributed by atoms with Crippen molar-refractivity contribution in [1.82, 2.24) is 4.90 Å². The number of carboxylic acids is 1. The Morgan fingerprint density at radius 1 is 1.62 bits per heavy atom. The molecule has 1 aromatic rings. The largest absolute Gasteiger partial charge is 0.481 e. The molecule has 0 aliphatic heterocycles. The van der Waals surface area contributed by atoms with E-state index in [2.05, 4.69) is 4.90 Å². The predicted octanol–water partition coefficient (Wildman–Crippen LogP) is 3.09. The van der Waals surface area contributed by atoms with Gasteiger partial charge in [-0.15, -0.1) is 11.3 Å². The molecule has 0 aliphatic rings. The second-order valence-electron chi connectivity index (χ2n) is 3.72. The molecule has 1 N–H and O–H groups in total. The van der Waals surface area contributed by atoms with Crippen LogP contribution >= 0.6 is 22.9 Å². The third-order valence-corrected chi connectivity index (χ3v) is 3.70. The van der Waals surface area contributed by atoms with Gasteiger partial charge >= 0.3 is 5.97 Å². The van der Waals surface area contributed by atoms with E-state index in [1.54, 1.807) is 11.3 Å². The first-order chi connectivity index (χ1) is 7.52. The quantitative estimate of drug-likeness (QED) is 0.856. The Morgan fingerprint density at radius 3 is 2.75 bits per heavy atom. The van der Waals surface area contributed by atoms with Crippen LogP contribution in [0.1, 0.15) is 25.1 Å². The van der Waals surface area contributed by atoms with Gasteiger partial charge in [0.25, 0.3) is 0 Å². The maximum Gasteiger partial charge on any atom is 0.304 e. The number of carboxylic acid groups (broad SMARTS) is 1. The van der Waals surface area contributed by atoms with E-state index in [4.69, 9.17) is 16.7 Å². The van der Waals surface area contributed by atoms with Crippen molar-refractivity contribution in [2.75, 3.05) is 6.54 Å². The summed E-state index contributed by atoms with van der Waals surface area (Å²) in [5.41, 5.74) is 0. The van der Waals surface area contributed by atoms with Crippen LogP contribution in [0.25, 0.3) is 0 Å². The van der Waals surface area contributed by atoms with Gasteiger partial charge in [-0.25, -0.2) is 0 Å².